The number of carbonyl (C=O) groups excluding carboxylic acids is 3. The van der Waals surface area contributed by atoms with Crippen LogP contribution in [0.4, 0.5) is 5.69 Å². The molecular formula is C24H31Br2NO4. The molecule has 7 heteroatoms. The number of nitrogens with zero attached hydrogens (tertiary/aromatic N) is 1. The maximum atomic E-state index is 12.9. The summed E-state index contributed by atoms with van der Waals surface area (Å²) in [6.07, 6.45) is 9.76. The number of esters is 1. The lowest BCUT2D eigenvalue weighted by Crippen LogP contribution is -2.34. The summed E-state index contributed by atoms with van der Waals surface area (Å²) in [5, 5.41) is 0. The van der Waals surface area contributed by atoms with Crippen LogP contribution in [-0.4, -0.2) is 27.4 Å². The summed E-state index contributed by atoms with van der Waals surface area (Å²) in [5.74, 6) is -0.623. The van der Waals surface area contributed by atoms with Crippen molar-refractivity contribution in [1.82, 2.24) is 0 Å². The maximum Gasteiger partial charge on any atom is 0.311 e. The average molecular weight is 557 g/mol. The van der Waals surface area contributed by atoms with Gasteiger partial charge in [-0.3, -0.25) is 19.3 Å². The number of rotatable bonds is 10. The molecule has 0 bridgehead atoms. The van der Waals surface area contributed by atoms with E-state index >= 15 is 0 Å². The molecule has 1 aromatic rings. The quantitative estimate of drug-likeness (QED) is 0.114. The van der Waals surface area contributed by atoms with E-state index in [1.165, 1.54) is 30.6 Å². The number of imide groups is 1. The molecule has 1 aliphatic heterocycles. The van der Waals surface area contributed by atoms with E-state index < -0.39 is 0 Å². The van der Waals surface area contributed by atoms with E-state index in [4.69, 9.17) is 4.74 Å². The van der Waals surface area contributed by atoms with Gasteiger partial charge in [-0.1, -0.05) is 77.3 Å². The Morgan fingerprint density at radius 1 is 0.903 bits per heavy atom. The van der Waals surface area contributed by atoms with E-state index in [1.807, 2.05) is 0 Å². The smallest absolute Gasteiger partial charge is 0.311 e. The van der Waals surface area contributed by atoms with Gasteiger partial charge in [0, 0.05) is 16.1 Å². The lowest BCUT2D eigenvalue weighted by Gasteiger charge is -2.29. The van der Waals surface area contributed by atoms with Crippen molar-refractivity contribution >= 4 is 55.3 Å². The van der Waals surface area contributed by atoms with Gasteiger partial charge in [0.1, 0.15) is 5.75 Å². The number of fused-ring (bicyclic) bond motifs is 1. The Bertz CT molecular complexity index is 754. The molecule has 0 N–H and O–H groups in total. The fourth-order valence-corrected chi connectivity index (χ4v) is 5.66. The van der Waals surface area contributed by atoms with E-state index in [-0.39, 0.29) is 39.3 Å². The first-order valence-corrected chi connectivity index (χ1v) is 13.2. The number of unbranched alkanes of at least 4 members (excludes halogenated alkanes) is 6. The van der Waals surface area contributed by atoms with Gasteiger partial charge in [0.15, 0.2) is 0 Å². The van der Waals surface area contributed by atoms with Gasteiger partial charge in [0.05, 0.1) is 17.5 Å². The van der Waals surface area contributed by atoms with E-state index in [1.54, 1.807) is 24.3 Å². The van der Waals surface area contributed by atoms with Gasteiger partial charge in [0.2, 0.25) is 11.8 Å². The number of hydrogen-bond donors (Lipinski definition) is 0. The van der Waals surface area contributed by atoms with Crippen molar-refractivity contribution in [2.24, 2.45) is 11.8 Å². The summed E-state index contributed by atoms with van der Waals surface area (Å²) in [6.45, 7) is 2.20. The topological polar surface area (TPSA) is 63.7 Å². The number of alkyl halides is 2. The summed E-state index contributed by atoms with van der Waals surface area (Å²) in [4.78, 5) is 39.5. The fraction of sp³-hybridized carbons (Fsp3) is 0.625. The predicted octanol–water partition coefficient (Wildman–Crippen LogP) is 6.16. The van der Waals surface area contributed by atoms with Gasteiger partial charge < -0.3 is 4.74 Å². The monoisotopic (exact) mass is 555 g/mol. The summed E-state index contributed by atoms with van der Waals surface area (Å²) in [7, 11) is 0. The number of amides is 2. The van der Waals surface area contributed by atoms with Crippen molar-refractivity contribution in [3.05, 3.63) is 24.3 Å². The molecule has 0 aromatic heterocycles. The summed E-state index contributed by atoms with van der Waals surface area (Å²) in [6, 6.07) is 6.67. The lowest BCUT2D eigenvalue weighted by molar-refractivity contribution is -0.134. The molecule has 1 saturated carbocycles. The first kappa shape index (κ1) is 24.4. The standard InChI is InChI=1S/C24H31Br2NO4/c1-2-3-4-5-6-7-8-9-22(28)31-17-12-10-16(11-13-17)27-23(29)18-14-20(25)21(26)15-19(18)24(27)30/h10-13,18-21H,2-9,14-15H2,1H3/t18-,19-,20-,21+/m0/s1. The van der Waals surface area contributed by atoms with Gasteiger partial charge in [0.25, 0.3) is 0 Å². The Kier molecular flexibility index (Phi) is 9.14. The van der Waals surface area contributed by atoms with E-state index in [2.05, 4.69) is 38.8 Å². The first-order chi connectivity index (χ1) is 14.9. The van der Waals surface area contributed by atoms with Crippen molar-refractivity contribution in [2.45, 2.75) is 80.8 Å². The maximum absolute atomic E-state index is 12.9. The number of benzene rings is 1. The first-order valence-electron chi connectivity index (χ1n) is 11.4. The minimum absolute atomic E-state index is 0.137. The zero-order valence-corrected chi connectivity index (χ0v) is 21.2. The Balaban J connectivity index is 1.49. The van der Waals surface area contributed by atoms with Crippen LogP contribution in [0.3, 0.4) is 0 Å². The fourth-order valence-electron chi connectivity index (χ4n) is 4.42. The highest BCUT2D eigenvalue weighted by Gasteiger charge is 2.52. The Labute approximate surface area is 201 Å². The van der Waals surface area contributed by atoms with Crippen molar-refractivity contribution in [1.29, 1.82) is 0 Å². The van der Waals surface area contributed by atoms with Crippen LogP contribution in [0.25, 0.3) is 0 Å². The number of ether oxygens (including phenoxy) is 1. The van der Waals surface area contributed by atoms with Crippen LogP contribution in [0, 0.1) is 11.8 Å². The molecule has 0 unspecified atom stereocenters. The molecular weight excluding hydrogens is 526 g/mol. The van der Waals surface area contributed by atoms with Crippen LogP contribution in [-0.2, 0) is 14.4 Å². The largest absolute Gasteiger partial charge is 0.427 e. The molecule has 1 saturated heterocycles. The molecule has 31 heavy (non-hydrogen) atoms. The Morgan fingerprint density at radius 2 is 1.42 bits per heavy atom. The van der Waals surface area contributed by atoms with Gasteiger partial charge in [-0.15, -0.1) is 0 Å². The number of carbonyl (C=O) groups is 3. The molecule has 5 nitrogen and oxygen atoms in total. The molecule has 4 atom stereocenters. The van der Waals surface area contributed by atoms with Crippen molar-refractivity contribution in [3.63, 3.8) is 0 Å². The lowest BCUT2D eigenvalue weighted by atomic mass is 9.81. The summed E-state index contributed by atoms with van der Waals surface area (Å²) < 4.78 is 5.41. The summed E-state index contributed by atoms with van der Waals surface area (Å²) >= 11 is 7.21. The van der Waals surface area contributed by atoms with Gasteiger partial charge in [-0.2, -0.15) is 0 Å². The van der Waals surface area contributed by atoms with Crippen LogP contribution < -0.4 is 9.64 Å². The molecule has 1 aromatic carbocycles. The number of hydrogen-bond acceptors (Lipinski definition) is 4. The Morgan fingerprint density at radius 3 is 1.97 bits per heavy atom. The average Bonchev–Trinajstić information content (AvgIpc) is 2.98. The van der Waals surface area contributed by atoms with Crippen molar-refractivity contribution in [3.8, 4) is 5.75 Å². The highest BCUT2D eigenvalue weighted by atomic mass is 79.9. The minimum Gasteiger partial charge on any atom is -0.427 e. The number of halogens is 2. The van der Waals surface area contributed by atoms with Crippen LogP contribution >= 0.6 is 31.9 Å². The number of anilines is 1. The van der Waals surface area contributed by atoms with Gasteiger partial charge in [-0.05, 0) is 43.5 Å². The molecule has 0 spiro atoms. The Hall–Kier alpha value is -1.21. The van der Waals surface area contributed by atoms with Crippen LogP contribution in [0.5, 0.6) is 5.75 Å². The highest BCUT2D eigenvalue weighted by molar-refractivity contribution is 9.12. The van der Waals surface area contributed by atoms with E-state index in [0.29, 0.717) is 30.7 Å². The highest BCUT2D eigenvalue weighted by Crippen LogP contribution is 2.44. The second-order valence-electron chi connectivity index (χ2n) is 8.57. The van der Waals surface area contributed by atoms with Crippen molar-refractivity contribution in [2.75, 3.05) is 4.90 Å². The molecule has 1 heterocycles. The predicted molar refractivity (Wildman–Crippen MR) is 129 cm³/mol. The molecule has 2 fully saturated rings. The van der Waals surface area contributed by atoms with Gasteiger partial charge in [-0.25, -0.2) is 0 Å². The van der Waals surface area contributed by atoms with Crippen molar-refractivity contribution < 1.29 is 19.1 Å². The molecule has 170 valence electrons. The molecule has 1 aliphatic carbocycles. The molecule has 2 amide bonds. The minimum atomic E-state index is -0.273. The third-order valence-corrected chi connectivity index (χ3v) is 8.96. The van der Waals surface area contributed by atoms with E-state index in [9.17, 15) is 14.4 Å². The third kappa shape index (κ3) is 6.19. The van der Waals surface area contributed by atoms with E-state index in [0.717, 1.165) is 19.3 Å². The molecule has 3 rings (SSSR count). The van der Waals surface area contributed by atoms with Crippen LogP contribution in [0.1, 0.15) is 71.1 Å². The normalized spacial score (nSPS) is 25.6. The summed E-state index contributed by atoms with van der Waals surface area (Å²) in [5.41, 5.74) is 0.536. The van der Waals surface area contributed by atoms with Crippen LogP contribution in [0.2, 0.25) is 0 Å². The zero-order valence-electron chi connectivity index (χ0n) is 18.0. The third-order valence-electron chi connectivity index (χ3n) is 6.22. The van der Waals surface area contributed by atoms with Gasteiger partial charge >= 0.3 is 5.97 Å². The second-order valence-corrected chi connectivity index (χ2v) is 10.9. The zero-order chi connectivity index (χ0) is 22.4. The second kappa shape index (κ2) is 11.6. The van der Waals surface area contributed by atoms with Crippen LogP contribution in [0.15, 0.2) is 24.3 Å². The molecule has 2 aliphatic rings. The SMILES string of the molecule is CCCCCCCCCC(=O)Oc1ccc(N2C(=O)[C@H]3C[C@@H](Br)[C@@H](Br)C[C@@H]3C2=O)cc1. The molecule has 0 radical (unpaired) electrons.